The third-order valence-electron chi connectivity index (χ3n) is 10.8. The average Bonchev–Trinajstić information content (AvgIpc) is 3.32. The molecule has 0 spiro atoms. The number of hydrogen-bond donors (Lipinski definition) is 0. The lowest BCUT2D eigenvalue weighted by atomic mass is 9.94. The lowest BCUT2D eigenvalue weighted by Gasteiger charge is -2.11. The Morgan fingerprint density at radius 1 is 0.250 bits per heavy atom. The predicted octanol–water partition coefficient (Wildman–Crippen LogP) is 13.2. The first-order chi connectivity index (χ1) is 29.5. The van der Waals surface area contributed by atoms with E-state index in [0.717, 1.165) is 55.6 Å². The van der Waals surface area contributed by atoms with Crippen LogP contribution in [0.25, 0.3) is 101 Å². The van der Waals surface area contributed by atoms with Gasteiger partial charge in [0.2, 0.25) is 0 Å². The summed E-state index contributed by atoms with van der Waals surface area (Å²) in [6.45, 7) is 4.16. The molecular weight excluding hydrogens is 733 g/mol. The molecule has 0 aliphatic rings. The van der Waals surface area contributed by atoms with Crippen LogP contribution in [0.15, 0.2) is 194 Å². The zero-order valence-electron chi connectivity index (χ0n) is 33.2. The van der Waals surface area contributed by atoms with Gasteiger partial charge in [0.25, 0.3) is 0 Å². The summed E-state index contributed by atoms with van der Waals surface area (Å²) >= 11 is 0. The van der Waals surface area contributed by atoms with Crippen LogP contribution in [0.3, 0.4) is 0 Å². The van der Waals surface area contributed by atoms with E-state index in [4.69, 9.17) is 29.9 Å². The van der Waals surface area contributed by atoms with E-state index >= 15 is 0 Å². The van der Waals surface area contributed by atoms with Crippen molar-refractivity contribution in [3.8, 4) is 90.6 Å². The van der Waals surface area contributed by atoms with Crippen LogP contribution in [-0.2, 0) is 0 Å². The van der Waals surface area contributed by atoms with Gasteiger partial charge >= 0.3 is 0 Å². The smallest absolute Gasteiger partial charge is 0.164 e. The second-order valence-electron chi connectivity index (χ2n) is 15.0. The molecule has 0 radical (unpaired) electrons. The summed E-state index contributed by atoms with van der Waals surface area (Å²) in [6.07, 6.45) is 0. The molecule has 0 N–H and O–H groups in total. The molecular formula is C54H38N6. The van der Waals surface area contributed by atoms with Crippen LogP contribution in [0, 0.1) is 13.8 Å². The van der Waals surface area contributed by atoms with Crippen LogP contribution < -0.4 is 0 Å². The Bertz CT molecular complexity index is 3110. The molecule has 8 aromatic carbocycles. The van der Waals surface area contributed by atoms with Crippen LogP contribution in [0.5, 0.6) is 0 Å². The van der Waals surface area contributed by atoms with Crippen LogP contribution in [0.4, 0.5) is 0 Å². The zero-order chi connectivity index (χ0) is 40.4. The van der Waals surface area contributed by atoms with E-state index in [-0.39, 0.29) is 0 Å². The van der Waals surface area contributed by atoms with E-state index in [2.05, 4.69) is 147 Å². The fraction of sp³-hybridized carbons (Fsp3) is 0.0370. The molecule has 284 valence electrons. The van der Waals surface area contributed by atoms with Crippen LogP contribution >= 0.6 is 0 Å². The second-order valence-corrected chi connectivity index (χ2v) is 15.0. The standard InChI is InChI=1S/C54H38N6/c1-35-16-20-41(21-17-35)51-55-49(39-10-5-3-6-11-39)57-53(59-51)43-28-24-37(25-29-43)45-32-33-48-46(34-45)14-9-15-47(48)38-26-30-44(31-27-38)54-58-50(40-12-7-4-8-13-40)56-52(60-54)42-22-18-36(2)19-23-42/h3-34H,1-2H3. The number of fused-ring (bicyclic) bond motifs is 1. The Labute approximate surface area is 349 Å². The van der Waals surface area contributed by atoms with Gasteiger partial charge in [0.1, 0.15) is 0 Å². The van der Waals surface area contributed by atoms with Crippen molar-refractivity contribution in [1.29, 1.82) is 0 Å². The van der Waals surface area contributed by atoms with E-state index in [1.165, 1.54) is 21.9 Å². The number of benzene rings is 8. The maximum Gasteiger partial charge on any atom is 0.164 e. The molecule has 0 saturated heterocycles. The molecule has 60 heavy (non-hydrogen) atoms. The fourth-order valence-electron chi connectivity index (χ4n) is 7.43. The van der Waals surface area contributed by atoms with Crippen LogP contribution in [0.1, 0.15) is 11.1 Å². The molecule has 0 saturated carbocycles. The minimum Gasteiger partial charge on any atom is -0.208 e. The summed E-state index contributed by atoms with van der Waals surface area (Å²) in [5.41, 5.74) is 12.6. The molecule has 6 heteroatoms. The van der Waals surface area contributed by atoms with Gasteiger partial charge in [-0.15, -0.1) is 0 Å². The molecule has 0 bridgehead atoms. The summed E-state index contributed by atoms with van der Waals surface area (Å²) in [5.74, 6) is 3.87. The van der Waals surface area contributed by atoms with Crippen molar-refractivity contribution in [2.45, 2.75) is 13.8 Å². The van der Waals surface area contributed by atoms with Crippen molar-refractivity contribution in [2.75, 3.05) is 0 Å². The molecule has 2 aromatic heterocycles. The quantitative estimate of drug-likeness (QED) is 0.153. The van der Waals surface area contributed by atoms with Crippen molar-refractivity contribution in [3.63, 3.8) is 0 Å². The normalized spacial score (nSPS) is 11.2. The Morgan fingerprint density at radius 3 is 1.00 bits per heavy atom. The van der Waals surface area contributed by atoms with E-state index < -0.39 is 0 Å². The van der Waals surface area contributed by atoms with Gasteiger partial charge in [-0.1, -0.05) is 199 Å². The van der Waals surface area contributed by atoms with Crippen molar-refractivity contribution in [2.24, 2.45) is 0 Å². The molecule has 0 atom stereocenters. The number of nitrogens with zero attached hydrogens (tertiary/aromatic N) is 6. The number of aromatic nitrogens is 6. The Hall–Kier alpha value is -7.96. The Kier molecular flexibility index (Phi) is 9.56. The molecule has 0 amide bonds. The van der Waals surface area contributed by atoms with Gasteiger partial charge in [0, 0.05) is 33.4 Å². The Morgan fingerprint density at radius 2 is 0.583 bits per heavy atom. The molecule has 0 unspecified atom stereocenters. The van der Waals surface area contributed by atoms with Crippen molar-refractivity contribution < 1.29 is 0 Å². The molecule has 0 aliphatic carbocycles. The number of rotatable bonds is 8. The predicted molar refractivity (Wildman–Crippen MR) is 244 cm³/mol. The van der Waals surface area contributed by atoms with Gasteiger partial charge in [-0.2, -0.15) is 0 Å². The van der Waals surface area contributed by atoms with Gasteiger partial charge in [-0.3, -0.25) is 0 Å². The highest BCUT2D eigenvalue weighted by Gasteiger charge is 2.15. The van der Waals surface area contributed by atoms with E-state index in [0.29, 0.717) is 34.9 Å². The highest BCUT2D eigenvalue weighted by atomic mass is 15.0. The molecule has 2 heterocycles. The monoisotopic (exact) mass is 770 g/mol. The first-order valence-electron chi connectivity index (χ1n) is 20.0. The van der Waals surface area contributed by atoms with Gasteiger partial charge in [0.15, 0.2) is 34.9 Å². The second kappa shape index (κ2) is 15.8. The van der Waals surface area contributed by atoms with Crippen molar-refractivity contribution in [1.82, 2.24) is 29.9 Å². The number of aryl methyl sites for hydroxylation is 2. The summed E-state index contributed by atoms with van der Waals surface area (Å²) in [7, 11) is 0. The first-order valence-corrected chi connectivity index (χ1v) is 20.0. The third kappa shape index (κ3) is 7.46. The zero-order valence-corrected chi connectivity index (χ0v) is 33.2. The lowest BCUT2D eigenvalue weighted by molar-refractivity contribution is 1.07. The van der Waals surface area contributed by atoms with E-state index in [1.54, 1.807) is 0 Å². The minimum atomic E-state index is 0.637. The topological polar surface area (TPSA) is 77.3 Å². The lowest BCUT2D eigenvalue weighted by Crippen LogP contribution is -2.00. The molecule has 10 rings (SSSR count). The van der Waals surface area contributed by atoms with Crippen LogP contribution in [-0.4, -0.2) is 29.9 Å². The van der Waals surface area contributed by atoms with E-state index in [9.17, 15) is 0 Å². The maximum absolute atomic E-state index is 4.95. The van der Waals surface area contributed by atoms with Gasteiger partial charge in [-0.25, -0.2) is 29.9 Å². The SMILES string of the molecule is Cc1ccc(-c2nc(-c3ccccc3)nc(-c3ccc(-c4ccc5c(-c6ccc(-c7nc(-c8ccccc8)nc(-c8ccc(C)cc8)n7)cc6)cccc5c4)cc3)n2)cc1. The highest BCUT2D eigenvalue weighted by molar-refractivity contribution is 5.99. The maximum atomic E-state index is 4.95. The average molecular weight is 771 g/mol. The summed E-state index contributed by atoms with van der Waals surface area (Å²) in [4.78, 5) is 29.5. The van der Waals surface area contributed by atoms with Crippen molar-refractivity contribution in [3.05, 3.63) is 205 Å². The fourth-order valence-corrected chi connectivity index (χ4v) is 7.43. The van der Waals surface area contributed by atoms with Gasteiger partial charge in [0.05, 0.1) is 0 Å². The molecule has 0 fully saturated rings. The molecule has 0 aliphatic heterocycles. The van der Waals surface area contributed by atoms with Crippen molar-refractivity contribution >= 4 is 10.8 Å². The summed E-state index contributed by atoms with van der Waals surface area (Å²) < 4.78 is 0. The minimum absolute atomic E-state index is 0.637. The van der Waals surface area contributed by atoms with Gasteiger partial charge in [-0.05, 0) is 52.9 Å². The third-order valence-corrected chi connectivity index (χ3v) is 10.8. The summed E-state index contributed by atoms with van der Waals surface area (Å²) in [6, 6.07) is 66.9. The van der Waals surface area contributed by atoms with E-state index in [1.807, 2.05) is 60.7 Å². The van der Waals surface area contributed by atoms with Gasteiger partial charge < -0.3 is 0 Å². The summed E-state index contributed by atoms with van der Waals surface area (Å²) in [5, 5.41) is 2.35. The molecule has 10 aromatic rings. The number of hydrogen-bond acceptors (Lipinski definition) is 6. The molecule has 6 nitrogen and oxygen atoms in total. The van der Waals surface area contributed by atoms with Crippen LogP contribution in [0.2, 0.25) is 0 Å². The first kappa shape index (κ1) is 36.4. The Balaban J connectivity index is 0.945. The highest BCUT2D eigenvalue weighted by Crippen LogP contribution is 2.34. The largest absolute Gasteiger partial charge is 0.208 e.